The first kappa shape index (κ1) is 10.3. The van der Waals surface area contributed by atoms with E-state index < -0.39 is 0 Å². The highest BCUT2D eigenvalue weighted by molar-refractivity contribution is 7.11. The molecule has 0 atom stereocenters. The second-order valence-corrected chi connectivity index (χ2v) is 4.64. The number of nitrogens with two attached hydrogens (primary N) is 1. The molecular weight excluding hydrogens is 178 g/mol. The zero-order valence-corrected chi connectivity index (χ0v) is 9.32. The number of nitrogen functional groups attached to an aromatic ring is 1. The molecule has 2 N–H and O–H groups in total. The van der Waals surface area contributed by atoms with Crippen LogP contribution in [0.1, 0.15) is 32.1 Å². The van der Waals surface area contributed by atoms with Crippen molar-refractivity contribution in [1.29, 1.82) is 0 Å². The summed E-state index contributed by atoms with van der Waals surface area (Å²) in [6, 6.07) is 1.96. The van der Waals surface area contributed by atoms with E-state index in [-0.39, 0.29) is 0 Å². The van der Waals surface area contributed by atoms with Crippen LogP contribution in [0.2, 0.25) is 0 Å². The summed E-state index contributed by atoms with van der Waals surface area (Å²) in [7, 11) is 0. The lowest BCUT2D eigenvalue weighted by atomic mass is 10.1. The average molecular weight is 195 g/mol. The fraction of sp³-hybridized carbons (Fsp3) is 0.455. The zero-order chi connectivity index (χ0) is 9.84. The van der Waals surface area contributed by atoms with Gasteiger partial charge in [0.25, 0.3) is 0 Å². The molecule has 0 amide bonds. The molecule has 1 heterocycles. The van der Waals surface area contributed by atoms with Crippen molar-refractivity contribution in [2.45, 2.75) is 27.2 Å². The molecule has 0 unspecified atom stereocenters. The predicted molar refractivity (Wildman–Crippen MR) is 61.8 cm³/mol. The molecule has 0 radical (unpaired) electrons. The molecule has 0 aliphatic heterocycles. The van der Waals surface area contributed by atoms with Crippen molar-refractivity contribution in [3.63, 3.8) is 0 Å². The van der Waals surface area contributed by atoms with E-state index in [1.807, 2.05) is 11.4 Å². The summed E-state index contributed by atoms with van der Waals surface area (Å²) < 4.78 is 0. The van der Waals surface area contributed by atoms with Crippen LogP contribution in [0.4, 0.5) is 5.69 Å². The molecule has 0 bridgehead atoms. The molecule has 13 heavy (non-hydrogen) atoms. The molecule has 0 aliphatic carbocycles. The normalized spacial score (nSPS) is 12.5. The van der Waals surface area contributed by atoms with Crippen LogP contribution in [0.3, 0.4) is 0 Å². The Morgan fingerprint density at radius 1 is 1.62 bits per heavy atom. The third kappa shape index (κ3) is 2.88. The average Bonchev–Trinajstić information content (AvgIpc) is 2.47. The van der Waals surface area contributed by atoms with Gasteiger partial charge in [-0.25, -0.2) is 0 Å². The van der Waals surface area contributed by atoms with Crippen molar-refractivity contribution in [3.8, 4) is 0 Å². The Bertz CT molecular complexity index is 297. The van der Waals surface area contributed by atoms with Crippen LogP contribution < -0.4 is 5.73 Å². The van der Waals surface area contributed by atoms with E-state index in [1.165, 1.54) is 10.5 Å². The first-order chi connectivity index (χ1) is 6.11. The van der Waals surface area contributed by atoms with Gasteiger partial charge in [0.2, 0.25) is 0 Å². The van der Waals surface area contributed by atoms with Crippen LogP contribution in [-0.4, -0.2) is 0 Å². The summed E-state index contributed by atoms with van der Waals surface area (Å²) >= 11 is 1.72. The topological polar surface area (TPSA) is 26.0 Å². The zero-order valence-electron chi connectivity index (χ0n) is 8.50. The maximum Gasteiger partial charge on any atom is 0.0525 e. The van der Waals surface area contributed by atoms with E-state index >= 15 is 0 Å². The number of hydrogen-bond donors (Lipinski definition) is 1. The van der Waals surface area contributed by atoms with E-state index in [1.54, 1.807) is 11.3 Å². The van der Waals surface area contributed by atoms with Gasteiger partial charge in [0, 0.05) is 5.69 Å². The van der Waals surface area contributed by atoms with Gasteiger partial charge in [0.1, 0.15) is 0 Å². The quantitative estimate of drug-likeness (QED) is 0.780. The molecule has 1 aromatic heterocycles. The van der Waals surface area contributed by atoms with Gasteiger partial charge in [0.05, 0.1) is 4.88 Å². The summed E-state index contributed by atoms with van der Waals surface area (Å²) in [6.07, 6.45) is 3.40. The third-order valence-corrected chi connectivity index (χ3v) is 3.01. The van der Waals surface area contributed by atoms with E-state index in [9.17, 15) is 0 Å². The van der Waals surface area contributed by atoms with Crippen molar-refractivity contribution < 1.29 is 0 Å². The molecule has 0 fully saturated rings. The Morgan fingerprint density at radius 2 is 2.31 bits per heavy atom. The van der Waals surface area contributed by atoms with E-state index in [4.69, 9.17) is 5.73 Å². The maximum atomic E-state index is 5.82. The summed E-state index contributed by atoms with van der Waals surface area (Å²) in [5, 5.41) is 2.04. The van der Waals surface area contributed by atoms with Gasteiger partial charge in [-0.15, -0.1) is 11.3 Å². The minimum absolute atomic E-state index is 0.719. The monoisotopic (exact) mass is 195 g/mol. The van der Waals surface area contributed by atoms with Crippen LogP contribution in [0, 0.1) is 5.92 Å². The highest BCUT2D eigenvalue weighted by atomic mass is 32.1. The maximum absolute atomic E-state index is 5.82. The molecule has 1 rings (SSSR count). The Balaban J connectivity index is 2.73. The summed E-state index contributed by atoms with van der Waals surface area (Å²) in [5.74, 6) is 0.719. The second kappa shape index (κ2) is 4.47. The summed E-state index contributed by atoms with van der Waals surface area (Å²) in [6.45, 7) is 6.58. The SMILES string of the molecule is C/C(=C\CC(C)C)c1sccc1N. The number of anilines is 1. The molecule has 1 aromatic rings. The molecular formula is C11H17NS. The molecule has 0 saturated heterocycles. The van der Waals surface area contributed by atoms with Gasteiger partial charge >= 0.3 is 0 Å². The van der Waals surface area contributed by atoms with Crippen molar-refractivity contribution in [3.05, 3.63) is 22.4 Å². The summed E-state index contributed by atoms with van der Waals surface area (Å²) in [5.41, 5.74) is 8.03. The van der Waals surface area contributed by atoms with E-state index in [0.717, 1.165) is 18.0 Å². The van der Waals surface area contributed by atoms with Gasteiger partial charge in [-0.2, -0.15) is 0 Å². The highest BCUT2D eigenvalue weighted by Crippen LogP contribution is 2.27. The fourth-order valence-corrected chi connectivity index (χ4v) is 1.97. The van der Waals surface area contributed by atoms with Crippen LogP contribution in [0.15, 0.2) is 17.5 Å². The molecule has 0 spiro atoms. The number of allylic oxidation sites excluding steroid dienone is 2. The van der Waals surface area contributed by atoms with Gasteiger partial charge in [-0.3, -0.25) is 0 Å². The minimum atomic E-state index is 0.719. The summed E-state index contributed by atoms with van der Waals surface area (Å²) in [4.78, 5) is 1.22. The molecule has 0 aromatic carbocycles. The van der Waals surface area contributed by atoms with Crippen molar-refractivity contribution >= 4 is 22.6 Å². The lowest BCUT2D eigenvalue weighted by Crippen LogP contribution is -1.87. The van der Waals surface area contributed by atoms with Gasteiger partial charge in [-0.05, 0) is 36.3 Å². The Kier molecular flexibility index (Phi) is 3.55. The first-order valence-electron chi connectivity index (χ1n) is 4.61. The van der Waals surface area contributed by atoms with Gasteiger partial charge in [0.15, 0.2) is 0 Å². The van der Waals surface area contributed by atoms with Crippen LogP contribution in [0.5, 0.6) is 0 Å². The van der Waals surface area contributed by atoms with Crippen LogP contribution >= 0.6 is 11.3 Å². The lowest BCUT2D eigenvalue weighted by molar-refractivity contribution is 0.664. The predicted octanol–water partition coefficient (Wildman–Crippen LogP) is 3.78. The fourth-order valence-electron chi connectivity index (χ4n) is 1.14. The Labute approximate surface area is 84.3 Å². The van der Waals surface area contributed by atoms with Crippen LogP contribution in [-0.2, 0) is 0 Å². The smallest absolute Gasteiger partial charge is 0.0525 e. The van der Waals surface area contributed by atoms with E-state index in [0.29, 0.717) is 0 Å². The molecule has 1 nitrogen and oxygen atoms in total. The van der Waals surface area contributed by atoms with Crippen molar-refractivity contribution in [1.82, 2.24) is 0 Å². The van der Waals surface area contributed by atoms with Gasteiger partial charge < -0.3 is 5.73 Å². The molecule has 2 heteroatoms. The highest BCUT2D eigenvalue weighted by Gasteiger charge is 2.02. The van der Waals surface area contributed by atoms with Gasteiger partial charge in [-0.1, -0.05) is 19.9 Å². The first-order valence-corrected chi connectivity index (χ1v) is 5.49. The van der Waals surface area contributed by atoms with Crippen molar-refractivity contribution in [2.75, 3.05) is 5.73 Å². The molecule has 0 aliphatic rings. The largest absolute Gasteiger partial charge is 0.398 e. The van der Waals surface area contributed by atoms with Crippen LogP contribution in [0.25, 0.3) is 5.57 Å². The Morgan fingerprint density at radius 3 is 2.77 bits per heavy atom. The number of hydrogen-bond acceptors (Lipinski definition) is 2. The number of thiophene rings is 1. The third-order valence-electron chi connectivity index (χ3n) is 1.95. The molecule has 72 valence electrons. The second-order valence-electron chi connectivity index (χ2n) is 3.72. The van der Waals surface area contributed by atoms with Crippen molar-refractivity contribution in [2.24, 2.45) is 5.92 Å². The van der Waals surface area contributed by atoms with E-state index in [2.05, 4.69) is 26.8 Å². The minimum Gasteiger partial charge on any atom is -0.398 e. The molecule has 0 saturated carbocycles. The lowest BCUT2D eigenvalue weighted by Gasteiger charge is -2.02. The Hall–Kier alpha value is -0.760. The number of rotatable bonds is 3. The standard InChI is InChI=1S/C11H17NS/c1-8(2)4-5-9(3)11-10(12)6-7-13-11/h5-8H,4,12H2,1-3H3/b9-5+.